The van der Waals surface area contributed by atoms with Crippen LogP contribution in [0.5, 0.6) is 0 Å². The van der Waals surface area contributed by atoms with E-state index in [2.05, 4.69) is 35.4 Å². The van der Waals surface area contributed by atoms with E-state index in [1.165, 1.54) is 12.1 Å². The second-order valence-electron chi connectivity index (χ2n) is 7.07. The summed E-state index contributed by atoms with van der Waals surface area (Å²) in [7, 11) is 0. The van der Waals surface area contributed by atoms with Gasteiger partial charge in [0, 0.05) is 6.07 Å². The van der Waals surface area contributed by atoms with Crippen molar-refractivity contribution in [1.29, 1.82) is 0 Å². The van der Waals surface area contributed by atoms with Crippen molar-refractivity contribution in [2.24, 2.45) is 4.99 Å². The van der Waals surface area contributed by atoms with E-state index in [-0.39, 0.29) is 17.7 Å². The number of halogens is 1. The predicted molar refractivity (Wildman–Crippen MR) is 107 cm³/mol. The molecule has 3 N–H and O–H groups in total. The zero-order valence-electron chi connectivity index (χ0n) is 15.9. The minimum Gasteiger partial charge on any atom is -0.309 e. The Labute approximate surface area is 165 Å². The minimum absolute atomic E-state index is 0.252. The van der Waals surface area contributed by atoms with Gasteiger partial charge in [0.2, 0.25) is 5.96 Å². The Morgan fingerprint density at radius 1 is 1.25 bits per heavy atom. The highest BCUT2D eigenvalue weighted by Crippen LogP contribution is 2.20. The lowest BCUT2D eigenvalue weighted by molar-refractivity contribution is 0.0980. The number of aliphatic imine (C=N–C) groups is 1. The van der Waals surface area contributed by atoms with E-state index in [0.717, 1.165) is 17.1 Å². The number of hydrogen-bond acceptors (Lipinski definition) is 6. The van der Waals surface area contributed by atoms with Crippen LogP contribution < -0.4 is 10.6 Å². The van der Waals surface area contributed by atoms with Gasteiger partial charge in [0.15, 0.2) is 5.82 Å². The number of aromatic nitrogens is 4. The van der Waals surface area contributed by atoms with Crippen LogP contribution in [0.15, 0.2) is 35.3 Å². The van der Waals surface area contributed by atoms with Crippen LogP contribution in [0.25, 0.3) is 11.3 Å². The third kappa shape index (κ3) is 4.97. The van der Waals surface area contributed by atoms with E-state index >= 15 is 0 Å². The van der Waals surface area contributed by atoms with Crippen molar-refractivity contribution in [2.45, 2.75) is 33.2 Å². The molecule has 146 valence electrons. The molecule has 0 atom stereocenters. The SMILES string of the molecule is Cc1nnsc1C(=O)NC(=NC(C)(C)C)Nc1cc(-c2ccc(F)cc2)[nH]n1. The number of amides is 1. The summed E-state index contributed by atoms with van der Waals surface area (Å²) < 4.78 is 16.9. The lowest BCUT2D eigenvalue weighted by Crippen LogP contribution is -2.38. The molecule has 0 spiro atoms. The summed E-state index contributed by atoms with van der Waals surface area (Å²) in [6, 6.07) is 7.80. The Morgan fingerprint density at radius 2 is 1.96 bits per heavy atom. The first kappa shape index (κ1) is 19.6. The number of nitrogens with one attached hydrogen (secondary N) is 3. The first-order chi connectivity index (χ1) is 13.2. The van der Waals surface area contributed by atoms with Crippen LogP contribution in [0.2, 0.25) is 0 Å². The lowest BCUT2D eigenvalue weighted by atomic mass is 10.1. The van der Waals surface area contributed by atoms with Crippen molar-refractivity contribution >= 4 is 29.2 Å². The Kier molecular flexibility index (Phi) is 5.50. The molecule has 1 aromatic carbocycles. The van der Waals surface area contributed by atoms with Crippen LogP contribution in [0.3, 0.4) is 0 Å². The largest absolute Gasteiger partial charge is 0.309 e. The number of benzene rings is 1. The van der Waals surface area contributed by atoms with E-state index in [0.29, 0.717) is 22.1 Å². The lowest BCUT2D eigenvalue weighted by Gasteiger charge is -2.16. The molecule has 8 nitrogen and oxygen atoms in total. The molecule has 0 saturated heterocycles. The summed E-state index contributed by atoms with van der Waals surface area (Å²) in [5, 5.41) is 16.7. The maximum Gasteiger partial charge on any atom is 0.271 e. The predicted octanol–water partition coefficient (Wildman–Crippen LogP) is 3.37. The average Bonchev–Trinajstić information content (AvgIpc) is 3.23. The van der Waals surface area contributed by atoms with Gasteiger partial charge in [0.1, 0.15) is 10.7 Å². The molecule has 2 heterocycles. The summed E-state index contributed by atoms with van der Waals surface area (Å²) in [5.74, 6) is 0.0540. The van der Waals surface area contributed by atoms with E-state index in [9.17, 15) is 9.18 Å². The van der Waals surface area contributed by atoms with E-state index in [1.54, 1.807) is 25.1 Å². The van der Waals surface area contributed by atoms with Gasteiger partial charge in [0.05, 0.1) is 16.9 Å². The molecule has 1 amide bonds. The first-order valence-electron chi connectivity index (χ1n) is 8.50. The van der Waals surface area contributed by atoms with E-state index < -0.39 is 5.54 Å². The highest BCUT2D eigenvalue weighted by molar-refractivity contribution is 7.08. The number of guanidine groups is 1. The van der Waals surface area contributed by atoms with Crippen molar-refractivity contribution in [3.05, 3.63) is 46.7 Å². The minimum atomic E-state index is -0.438. The molecule has 10 heteroatoms. The Bertz CT molecular complexity index is 1000. The summed E-state index contributed by atoms with van der Waals surface area (Å²) in [4.78, 5) is 17.4. The number of H-pyrrole nitrogens is 1. The zero-order valence-corrected chi connectivity index (χ0v) is 16.7. The Morgan fingerprint density at radius 3 is 2.57 bits per heavy atom. The zero-order chi connectivity index (χ0) is 20.3. The molecule has 0 unspecified atom stereocenters. The number of aromatic amines is 1. The Balaban J connectivity index is 1.80. The molecule has 3 aromatic rings. The molecule has 0 aliphatic heterocycles. The number of carbonyl (C=O) groups is 1. The number of carbonyl (C=O) groups excluding carboxylic acids is 1. The van der Waals surface area contributed by atoms with Gasteiger partial charge < -0.3 is 5.32 Å². The first-order valence-corrected chi connectivity index (χ1v) is 9.27. The highest BCUT2D eigenvalue weighted by Gasteiger charge is 2.18. The molecule has 0 saturated carbocycles. The normalized spacial score (nSPS) is 12.1. The van der Waals surface area contributed by atoms with E-state index in [1.807, 2.05) is 20.8 Å². The third-order valence-electron chi connectivity index (χ3n) is 3.52. The molecular weight excluding hydrogens is 381 g/mol. The second kappa shape index (κ2) is 7.85. The van der Waals surface area contributed by atoms with Crippen LogP contribution in [0.1, 0.15) is 36.1 Å². The molecule has 0 fully saturated rings. The number of anilines is 1. The van der Waals surface area contributed by atoms with Crippen molar-refractivity contribution in [3.8, 4) is 11.3 Å². The molecular formula is C18H20FN7OS. The van der Waals surface area contributed by atoms with Gasteiger partial charge in [-0.05, 0) is 69.1 Å². The molecule has 0 aliphatic rings. The summed E-state index contributed by atoms with van der Waals surface area (Å²) in [5.41, 5.74) is 1.60. The van der Waals surface area contributed by atoms with E-state index in [4.69, 9.17) is 0 Å². The van der Waals surface area contributed by atoms with Gasteiger partial charge in [-0.15, -0.1) is 5.10 Å². The van der Waals surface area contributed by atoms with Crippen LogP contribution in [-0.2, 0) is 0 Å². The van der Waals surface area contributed by atoms with Gasteiger partial charge in [-0.3, -0.25) is 15.2 Å². The topological polar surface area (TPSA) is 108 Å². The number of nitrogens with zero attached hydrogens (tertiary/aromatic N) is 4. The quantitative estimate of drug-likeness (QED) is 0.461. The van der Waals surface area contributed by atoms with Crippen LogP contribution in [0, 0.1) is 12.7 Å². The molecule has 0 radical (unpaired) electrons. The molecule has 0 bridgehead atoms. The molecule has 2 aromatic heterocycles. The number of aryl methyl sites for hydroxylation is 1. The highest BCUT2D eigenvalue weighted by atomic mass is 32.1. The van der Waals surface area contributed by atoms with Gasteiger partial charge in [-0.2, -0.15) is 5.10 Å². The summed E-state index contributed by atoms with van der Waals surface area (Å²) in [6.45, 7) is 7.45. The van der Waals surface area contributed by atoms with Crippen LogP contribution in [-0.4, -0.2) is 37.2 Å². The van der Waals surface area contributed by atoms with Crippen molar-refractivity contribution in [3.63, 3.8) is 0 Å². The monoisotopic (exact) mass is 401 g/mol. The maximum absolute atomic E-state index is 13.1. The molecule has 28 heavy (non-hydrogen) atoms. The van der Waals surface area contributed by atoms with Crippen molar-refractivity contribution < 1.29 is 9.18 Å². The average molecular weight is 401 g/mol. The van der Waals surface area contributed by atoms with Crippen molar-refractivity contribution in [1.82, 2.24) is 25.1 Å². The summed E-state index contributed by atoms with van der Waals surface area (Å²) >= 11 is 1.02. The van der Waals surface area contributed by atoms with Crippen LogP contribution >= 0.6 is 11.5 Å². The third-order valence-corrected chi connectivity index (χ3v) is 4.34. The van der Waals surface area contributed by atoms with Gasteiger partial charge in [0.25, 0.3) is 5.91 Å². The number of rotatable bonds is 3. The van der Waals surface area contributed by atoms with Gasteiger partial charge in [-0.25, -0.2) is 9.38 Å². The fourth-order valence-electron chi connectivity index (χ4n) is 2.31. The van der Waals surface area contributed by atoms with Crippen molar-refractivity contribution in [2.75, 3.05) is 5.32 Å². The smallest absolute Gasteiger partial charge is 0.271 e. The Hall–Kier alpha value is -3.14. The fraction of sp³-hybridized carbons (Fsp3) is 0.278. The second-order valence-corrected chi connectivity index (χ2v) is 7.83. The summed E-state index contributed by atoms with van der Waals surface area (Å²) in [6.07, 6.45) is 0. The number of hydrogen-bond donors (Lipinski definition) is 3. The molecule has 3 rings (SSSR count). The van der Waals surface area contributed by atoms with Gasteiger partial charge >= 0.3 is 0 Å². The van der Waals surface area contributed by atoms with Crippen LogP contribution in [0.4, 0.5) is 10.2 Å². The standard InChI is InChI=1S/C18H20FN7OS/c1-10-15(28-26-23-10)16(27)21-17(22-18(2,3)4)20-14-9-13(24-25-14)11-5-7-12(19)8-6-11/h5-9H,1-4H3,(H3,20,21,22,24,25,27). The van der Waals surface area contributed by atoms with Gasteiger partial charge in [-0.1, -0.05) is 4.49 Å². The molecule has 0 aliphatic carbocycles. The maximum atomic E-state index is 13.1. The fourth-order valence-corrected chi connectivity index (χ4v) is 2.86.